The van der Waals surface area contributed by atoms with Gasteiger partial charge in [0.05, 0.1) is 6.54 Å². The van der Waals surface area contributed by atoms with Gasteiger partial charge in [-0.2, -0.15) is 0 Å². The summed E-state index contributed by atoms with van der Waals surface area (Å²) in [4.78, 5) is 13.7. The van der Waals surface area contributed by atoms with E-state index in [1.807, 2.05) is 0 Å². The van der Waals surface area contributed by atoms with E-state index < -0.39 is 0 Å². The van der Waals surface area contributed by atoms with Gasteiger partial charge in [0.1, 0.15) is 5.78 Å². The first-order chi connectivity index (χ1) is 7.16. The van der Waals surface area contributed by atoms with Crippen molar-refractivity contribution in [2.24, 2.45) is 0 Å². The minimum absolute atomic E-state index is 0.373. The maximum Gasteiger partial charge on any atom is 0.148 e. The Morgan fingerprint density at radius 1 is 1.47 bits per heavy atom. The lowest BCUT2D eigenvalue weighted by Crippen LogP contribution is -2.49. The fourth-order valence-corrected chi connectivity index (χ4v) is 2.56. The van der Waals surface area contributed by atoms with Crippen LogP contribution in [0.3, 0.4) is 0 Å². The maximum atomic E-state index is 11.2. The molecule has 1 saturated heterocycles. The Labute approximate surface area is 92.2 Å². The molecule has 0 amide bonds. The first-order valence-corrected chi connectivity index (χ1v) is 6.17. The van der Waals surface area contributed by atoms with Crippen LogP contribution in [0.2, 0.25) is 0 Å². The molecule has 0 bridgehead atoms. The molecule has 0 aromatic carbocycles. The molecule has 0 aromatic heterocycles. The lowest BCUT2D eigenvalue weighted by Gasteiger charge is -2.41. The quantitative estimate of drug-likeness (QED) is 0.756. The van der Waals surface area contributed by atoms with Gasteiger partial charge in [0.15, 0.2) is 0 Å². The average molecular weight is 210 g/mol. The van der Waals surface area contributed by atoms with E-state index >= 15 is 0 Å². The molecule has 2 rings (SSSR count). The molecule has 1 N–H and O–H groups in total. The molecule has 2 fully saturated rings. The topological polar surface area (TPSA) is 32.3 Å². The smallest absolute Gasteiger partial charge is 0.148 e. The second kappa shape index (κ2) is 4.62. The number of carbonyl (C=O) groups excluding carboxylic acids is 1. The molecule has 1 aliphatic carbocycles. The Kier molecular flexibility index (Phi) is 3.42. The van der Waals surface area contributed by atoms with E-state index in [9.17, 15) is 4.79 Å². The highest BCUT2D eigenvalue weighted by atomic mass is 16.1. The molecule has 3 heteroatoms. The molecule has 0 aromatic rings. The predicted molar refractivity (Wildman–Crippen MR) is 60.9 cm³/mol. The summed E-state index contributed by atoms with van der Waals surface area (Å²) in [5.41, 5.74) is 0. The summed E-state index contributed by atoms with van der Waals surface area (Å²) < 4.78 is 0. The zero-order valence-corrected chi connectivity index (χ0v) is 9.83. The van der Waals surface area contributed by atoms with E-state index in [2.05, 4.69) is 24.1 Å². The molecular weight excluding hydrogens is 188 g/mol. The number of nitrogens with one attached hydrogen (secondary N) is 1. The Morgan fingerprint density at radius 3 is 2.60 bits per heavy atom. The van der Waals surface area contributed by atoms with Gasteiger partial charge in [0.25, 0.3) is 0 Å². The highest BCUT2D eigenvalue weighted by Gasteiger charge is 2.31. The summed E-state index contributed by atoms with van der Waals surface area (Å²) >= 11 is 0. The van der Waals surface area contributed by atoms with Gasteiger partial charge >= 0.3 is 0 Å². The van der Waals surface area contributed by atoms with Crippen LogP contribution in [0.4, 0.5) is 0 Å². The van der Waals surface area contributed by atoms with Crippen LogP contribution in [-0.4, -0.2) is 41.9 Å². The van der Waals surface area contributed by atoms with Crippen molar-refractivity contribution in [1.82, 2.24) is 10.2 Å². The van der Waals surface area contributed by atoms with Gasteiger partial charge in [0, 0.05) is 31.1 Å². The summed E-state index contributed by atoms with van der Waals surface area (Å²) in [6, 6.07) is 1.79. The fraction of sp³-hybridized carbons (Fsp3) is 0.917. The second-order valence-corrected chi connectivity index (χ2v) is 5.20. The van der Waals surface area contributed by atoms with E-state index in [0.717, 1.165) is 19.0 Å². The van der Waals surface area contributed by atoms with Crippen molar-refractivity contribution >= 4 is 5.78 Å². The van der Waals surface area contributed by atoms with Gasteiger partial charge in [-0.05, 0) is 26.7 Å². The van der Waals surface area contributed by atoms with Gasteiger partial charge in [-0.25, -0.2) is 0 Å². The molecule has 15 heavy (non-hydrogen) atoms. The van der Waals surface area contributed by atoms with Crippen LogP contribution in [0.25, 0.3) is 0 Å². The van der Waals surface area contributed by atoms with Crippen LogP contribution in [0.5, 0.6) is 0 Å². The van der Waals surface area contributed by atoms with Crippen LogP contribution >= 0.6 is 0 Å². The van der Waals surface area contributed by atoms with Crippen LogP contribution in [0.1, 0.15) is 39.5 Å². The van der Waals surface area contributed by atoms with E-state index in [4.69, 9.17) is 0 Å². The Morgan fingerprint density at radius 2 is 2.20 bits per heavy atom. The van der Waals surface area contributed by atoms with E-state index in [0.29, 0.717) is 24.4 Å². The lowest BCUT2D eigenvalue weighted by atomic mass is 9.90. The summed E-state index contributed by atoms with van der Waals surface area (Å²) in [5, 5.41) is 3.30. The second-order valence-electron chi connectivity index (χ2n) is 5.20. The molecule has 1 unspecified atom stereocenters. The Hall–Kier alpha value is -0.410. The predicted octanol–water partition coefficient (Wildman–Crippen LogP) is 1.18. The van der Waals surface area contributed by atoms with Gasteiger partial charge in [-0.1, -0.05) is 6.42 Å². The van der Waals surface area contributed by atoms with Crippen molar-refractivity contribution in [3.63, 3.8) is 0 Å². The maximum absolute atomic E-state index is 11.2. The molecule has 2 aliphatic rings. The molecule has 3 nitrogen and oxygen atoms in total. The van der Waals surface area contributed by atoms with Crippen LogP contribution in [0.15, 0.2) is 0 Å². The largest absolute Gasteiger partial charge is 0.305 e. The summed E-state index contributed by atoms with van der Waals surface area (Å²) in [5.74, 6) is 0.373. The standard InChI is InChI=1S/C12H22N2O/c1-9(2)14(11-4-3-5-11)8-10-6-12(15)7-13-10/h9-11,13H,3-8H2,1-2H3. The normalized spacial score (nSPS) is 27.7. The van der Waals surface area contributed by atoms with Crippen molar-refractivity contribution in [3.8, 4) is 0 Å². The summed E-state index contributed by atoms with van der Waals surface area (Å²) in [6.45, 7) is 6.15. The molecule has 1 saturated carbocycles. The van der Waals surface area contributed by atoms with E-state index in [1.165, 1.54) is 19.3 Å². The van der Waals surface area contributed by atoms with E-state index in [-0.39, 0.29) is 0 Å². The van der Waals surface area contributed by atoms with Crippen molar-refractivity contribution in [2.75, 3.05) is 13.1 Å². The zero-order valence-electron chi connectivity index (χ0n) is 9.83. The zero-order chi connectivity index (χ0) is 10.8. The monoisotopic (exact) mass is 210 g/mol. The first-order valence-electron chi connectivity index (χ1n) is 6.17. The number of hydrogen-bond acceptors (Lipinski definition) is 3. The third-order valence-electron chi connectivity index (χ3n) is 3.70. The minimum Gasteiger partial charge on any atom is -0.305 e. The Balaban J connectivity index is 1.85. The molecule has 0 radical (unpaired) electrons. The van der Waals surface area contributed by atoms with Crippen molar-refractivity contribution < 1.29 is 4.79 Å². The summed E-state index contributed by atoms with van der Waals surface area (Å²) in [6.07, 6.45) is 4.80. The van der Waals surface area contributed by atoms with Crippen LogP contribution < -0.4 is 5.32 Å². The number of carbonyl (C=O) groups is 1. The summed E-state index contributed by atoms with van der Waals surface area (Å²) in [7, 11) is 0. The van der Waals surface area contributed by atoms with Crippen molar-refractivity contribution in [3.05, 3.63) is 0 Å². The van der Waals surface area contributed by atoms with Crippen LogP contribution in [-0.2, 0) is 4.79 Å². The number of Topliss-reactive ketones (excluding diaryl/α,β-unsaturated/α-hetero) is 1. The van der Waals surface area contributed by atoms with Crippen LogP contribution in [0, 0.1) is 0 Å². The molecule has 1 heterocycles. The highest BCUT2D eigenvalue weighted by Crippen LogP contribution is 2.27. The van der Waals surface area contributed by atoms with Gasteiger partial charge in [-0.15, -0.1) is 0 Å². The third-order valence-corrected chi connectivity index (χ3v) is 3.70. The number of nitrogens with zero attached hydrogens (tertiary/aromatic N) is 1. The van der Waals surface area contributed by atoms with Crippen molar-refractivity contribution in [2.45, 2.75) is 57.7 Å². The van der Waals surface area contributed by atoms with Gasteiger partial charge in [-0.3, -0.25) is 9.69 Å². The molecule has 1 aliphatic heterocycles. The highest BCUT2D eigenvalue weighted by molar-refractivity contribution is 5.83. The van der Waals surface area contributed by atoms with Crippen molar-refractivity contribution in [1.29, 1.82) is 0 Å². The van der Waals surface area contributed by atoms with Gasteiger partial charge < -0.3 is 5.32 Å². The molecule has 1 atom stereocenters. The van der Waals surface area contributed by atoms with E-state index in [1.54, 1.807) is 0 Å². The molecule has 86 valence electrons. The number of hydrogen-bond donors (Lipinski definition) is 1. The molecular formula is C12H22N2O. The SMILES string of the molecule is CC(C)N(CC1CC(=O)CN1)C1CCC1. The third kappa shape index (κ3) is 2.58. The minimum atomic E-state index is 0.373. The number of ketones is 1. The Bertz CT molecular complexity index is 236. The average Bonchev–Trinajstić information content (AvgIpc) is 2.47. The number of rotatable bonds is 4. The lowest BCUT2D eigenvalue weighted by molar-refractivity contribution is -0.116. The fourth-order valence-electron chi connectivity index (χ4n) is 2.56. The molecule has 0 spiro atoms. The first kappa shape index (κ1) is 11.1. The van der Waals surface area contributed by atoms with Gasteiger partial charge in [0.2, 0.25) is 0 Å².